The monoisotopic (exact) mass is 450 g/mol. The number of imidazole rings is 1. The molecule has 0 saturated carbocycles. The summed E-state index contributed by atoms with van der Waals surface area (Å²) in [5.41, 5.74) is 1.65. The molecule has 4 rings (SSSR count). The molecule has 1 fully saturated rings. The molecule has 0 aromatic carbocycles. The van der Waals surface area contributed by atoms with E-state index >= 15 is 0 Å². The van der Waals surface area contributed by atoms with E-state index in [-0.39, 0.29) is 11.3 Å². The van der Waals surface area contributed by atoms with E-state index in [0.717, 1.165) is 19.6 Å². The number of aryl methyl sites for hydroxylation is 2. The van der Waals surface area contributed by atoms with Gasteiger partial charge in [0.05, 0.1) is 11.3 Å². The molecule has 3 aromatic heterocycles. The van der Waals surface area contributed by atoms with E-state index in [0.29, 0.717) is 41.5 Å². The van der Waals surface area contributed by atoms with E-state index in [2.05, 4.69) is 23.7 Å². The maximum atomic E-state index is 13.2. The first-order chi connectivity index (χ1) is 15.9. The molecule has 0 unspecified atom stereocenters. The van der Waals surface area contributed by atoms with E-state index in [1.54, 1.807) is 29.7 Å². The van der Waals surface area contributed by atoms with Crippen LogP contribution in [0.25, 0.3) is 11.4 Å². The number of amides is 1. The molecular weight excluding hydrogens is 420 g/mol. The fourth-order valence-corrected chi connectivity index (χ4v) is 4.54. The van der Waals surface area contributed by atoms with Gasteiger partial charge in [-0.05, 0) is 64.2 Å². The predicted molar refractivity (Wildman–Crippen MR) is 125 cm³/mol. The summed E-state index contributed by atoms with van der Waals surface area (Å²) in [5.74, 6) is -0.441. The first-order valence-corrected chi connectivity index (χ1v) is 11.4. The lowest BCUT2D eigenvalue weighted by atomic mass is 10.0. The highest BCUT2D eigenvalue weighted by Gasteiger charge is 2.47. The molecule has 1 aliphatic heterocycles. The van der Waals surface area contributed by atoms with Gasteiger partial charge in [-0.3, -0.25) is 14.0 Å². The Morgan fingerprint density at radius 3 is 2.58 bits per heavy atom. The molecule has 1 N–H and O–H groups in total. The van der Waals surface area contributed by atoms with Crippen LogP contribution >= 0.6 is 0 Å². The van der Waals surface area contributed by atoms with Crippen LogP contribution in [0, 0.1) is 13.8 Å². The fraction of sp³-hybridized carbons (Fsp3) is 0.400. The van der Waals surface area contributed by atoms with Crippen molar-refractivity contribution in [3.05, 3.63) is 65.0 Å². The minimum absolute atomic E-state index is 0.0333. The minimum atomic E-state index is -0.788. The van der Waals surface area contributed by atoms with E-state index in [1.807, 2.05) is 25.1 Å². The van der Waals surface area contributed by atoms with Crippen molar-refractivity contribution in [3.8, 4) is 0 Å². The summed E-state index contributed by atoms with van der Waals surface area (Å²) in [6.07, 6.45) is 2.48. The van der Waals surface area contributed by atoms with Crippen molar-refractivity contribution < 1.29 is 19.1 Å². The summed E-state index contributed by atoms with van der Waals surface area (Å²) >= 11 is 0. The van der Waals surface area contributed by atoms with E-state index in [4.69, 9.17) is 4.42 Å². The summed E-state index contributed by atoms with van der Waals surface area (Å²) in [6.45, 7) is 10.8. The maximum absolute atomic E-state index is 13.2. The summed E-state index contributed by atoms with van der Waals surface area (Å²) in [6, 6.07) is 8.27. The largest absolute Gasteiger partial charge is 0.505 e. The molecule has 4 heterocycles. The predicted octanol–water partition coefficient (Wildman–Crippen LogP) is 3.70. The number of pyridine rings is 1. The van der Waals surface area contributed by atoms with Gasteiger partial charge in [-0.25, -0.2) is 4.98 Å². The Kier molecular flexibility index (Phi) is 6.37. The number of furan rings is 1. The lowest BCUT2D eigenvalue weighted by Gasteiger charge is -2.25. The molecule has 0 spiro atoms. The van der Waals surface area contributed by atoms with Crippen molar-refractivity contribution in [1.29, 1.82) is 0 Å². The Labute approximate surface area is 193 Å². The molecule has 8 heteroatoms. The third kappa shape index (κ3) is 4.06. The molecule has 1 saturated heterocycles. The highest BCUT2D eigenvalue weighted by Crippen LogP contribution is 2.40. The third-order valence-corrected chi connectivity index (χ3v) is 6.27. The number of likely N-dealkylation sites (tertiary alicyclic amines) is 1. The van der Waals surface area contributed by atoms with Crippen LogP contribution in [0.2, 0.25) is 0 Å². The fourth-order valence-electron chi connectivity index (χ4n) is 4.54. The number of aromatic nitrogens is 2. The van der Waals surface area contributed by atoms with Gasteiger partial charge in [-0.15, -0.1) is 0 Å². The second-order valence-corrected chi connectivity index (χ2v) is 8.30. The van der Waals surface area contributed by atoms with Crippen LogP contribution < -0.4 is 0 Å². The average Bonchev–Trinajstić information content (AvgIpc) is 3.45. The van der Waals surface area contributed by atoms with Gasteiger partial charge in [-0.1, -0.05) is 19.9 Å². The van der Waals surface area contributed by atoms with Crippen LogP contribution in [0.4, 0.5) is 0 Å². The topological polar surface area (TPSA) is 91.3 Å². The number of nitrogens with zero attached hydrogens (tertiary/aromatic N) is 4. The van der Waals surface area contributed by atoms with Crippen LogP contribution in [0.5, 0.6) is 0 Å². The first-order valence-electron chi connectivity index (χ1n) is 11.4. The SMILES string of the molecule is CCN(CC)CCCN1C(=O)C(=O)/C(=C(\O)c2c(C)nc3ccccn23)[C@H]1c1ccc(C)o1. The number of ketones is 1. The zero-order valence-electron chi connectivity index (χ0n) is 19.5. The Morgan fingerprint density at radius 1 is 1.15 bits per heavy atom. The van der Waals surface area contributed by atoms with Gasteiger partial charge in [-0.2, -0.15) is 0 Å². The van der Waals surface area contributed by atoms with Gasteiger partial charge in [0.25, 0.3) is 11.7 Å². The molecule has 3 aromatic rings. The molecule has 0 bridgehead atoms. The molecule has 1 amide bonds. The van der Waals surface area contributed by atoms with Gasteiger partial charge in [0, 0.05) is 12.7 Å². The lowest BCUT2D eigenvalue weighted by molar-refractivity contribution is -0.140. The maximum Gasteiger partial charge on any atom is 0.295 e. The van der Waals surface area contributed by atoms with Crippen molar-refractivity contribution in [3.63, 3.8) is 0 Å². The quantitative estimate of drug-likeness (QED) is 0.320. The average molecular weight is 451 g/mol. The van der Waals surface area contributed by atoms with Crippen molar-refractivity contribution >= 4 is 23.1 Å². The molecule has 0 radical (unpaired) electrons. The second-order valence-electron chi connectivity index (χ2n) is 8.30. The van der Waals surface area contributed by atoms with E-state index < -0.39 is 17.7 Å². The van der Waals surface area contributed by atoms with Crippen LogP contribution in [-0.4, -0.2) is 62.2 Å². The number of Topliss-reactive ketones (excluding diaryl/α,β-unsaturated/α-hetero) is 1. The number of aliphatic hydroxyl groups excluding tert-OH is 1. The second kappa shape index (κ2) is 9.23. The number of rotatable bonds is 8. The molecule has 174 valence electrons. The Bertz CT molecular complexity index is 1220. The highest BCUT2D eigenvalue weighted by atomic mass is 16.3. The Morgan fingerprint density at radius 2 is 1.91 bits per heavy atom. The molecule has 1 atom stereocenters. The number of hydrogen-bond donors (Lipinski definition) is 1. The number of aliphatic hydroxyl groups is 1. The summed E-state index contributed by atoms with van der Waals surface area (Å²) in [7, 11) is 0. The highest BCUT2D eigenvalue weighted by molar-refractivity contribution is 6.46. The van der Waals surface area contributed by atoms with Crippen molar-refractivity contribution in [1.82, 2.24) is 19.2 Å². The zero-order chi connectivity index (χ0) is 23.7. The van der Waals surface area contributed by atoms with Crippen LogP contribution in [0.1, 0.15) is 49.2 Å². The van der Waals surface area contributed by atoms with Crippen molar-refractivity contribution in [2.75, 3.05) is 26.2 Å². The van der Waals surface area contributed by atoms with Crippen molar-refractivity contribution in [2.45, 2.75) is 40.2 Å². The minimum Gasteiger partial charge on any atom is -0.505 e. The molecule has 8 nitrogen and oxygen atoms in total. The standard InChI is InChI=1S/C25H30N4O4/c1-5-27(6-2)13-9-15-29-22(18-12-11-16(3)33-18)20(24(31)25(29)32)23(30)21-17(4)26-19-10-7-8-14-28(19)21/h7-8,10-12,14,22,30H,5-6,9,13,15H2,1-4H3/b23-20-/t22-/m1/s1. The number of fused-ring (bicyclic) bond motifs is 1. The van der Waals surface area contributed by atoms with Gasteiger partial charge < -0.3 is 19.3 Å². The van der Waals surface area contributed by atoms with Crippen molar-refractivity contribution in [2.24, 2.45) is 0 Å². The number of carbonyl (C=O) groups excluding carboxylic acids is 2. The summed E-state index contributed by atoms with van der Waals surface area (Å²) in [5, 5.41) is 11.4. The number of hydrogen-bond acceptors (Lipinski definition) is 6. The lowest BCUT2D eigenvalue weighted by Crippen LogP contribution is -2.33. The normalized spacial score (nSPS) is 18.2. The summed E-state index contributed by atoms with van der Waals surface area (Å²) in [4.78, 5) is 34.6. The van der Waals surface area contributed by atoms with Gasteiger partial charge >= 0.3 is 0 Å². The van der Waals surface area contributed by atoms with Crippen LogP contribution in [-0.2, 0) is 9.59 Å². The Balaban J connectivity index is 1.79. The van der Waals surface area contributed by atoms with Gasteiger partial charge in [0.15, 0.2) is 5.76 Å². The molecule has 1 aliphatic rings. The van der Waals surface area contributed by atoms with E-state index in [1.165, 1.54) is 4.90 Å². The zero-order valence-corrected chi connectivity index (χ0v) is 19.5. The Hall–Kier alpha value is -3.39. The molecule has 0 aliphatic carbocycles. The van der Waals surface area contributed by atoms with Gasteiger partial charge in [0.1, 0.15) is 28.9 Å². The van der Waals surface area contributed by atoms with Gasteiger partial charge in [0.2, 0.25) is 0 Å². The summed E-state index contributed by atoms with van der Waals surface area (Å²) < 4.78 is 7.58. The smallest absolute Gasteiger partial charge is 0.295 e. The molecule has 33 heavy (non-hydrogen) atoms. The molecular formula is C25H30N4O4. The van der Waals surface area contributed by atoms with Crippen LogP contribution in [0.15, 0.2) is 46.5 Å². The van der Waals surface area contributed by atoms with Crippen LogP contribution in [0.3, 0.4) is 0 Å². The third-order valence-electron chi connectivity index (χ3n) is 6.27. The first kappa shape index (κ1) is 22.8. The van der Waals surface area contributed by atoms with E-state index in [9.17, 15) is 14.7 Å². The number of carbonyl (C=O) groups is 2.